The summed E-state index contributed by atoms with van der Waals surface area (Å²) in [6.45, 7) is 2.37. The molecule has 0 amide bonds. The number of benzene rings is 2. The first-order valence-electron chi connectivity index (χ1n) is 10.4. The van der Waals surface area contributed by atoms with Crippen molar-refractivity contribution in [2.24, 2.45) is 0 Å². The van der Waals surface area contributed by atoms with E-state index in [0.717, 1.165) is 5.66 Å². The molecule has 2 aromatic carbocycles. The molecule has 1 aliphatic carbocycles. The Morgan fingerprint density at radius 2 is 1.28 bits per heavy atom. The van der Waals surface area contributed by atoms with Gasteiger partial charge in [0.05, 0.1) is 0 Å². The standard InChI is InChI=1S/C24H35P/c1-2-3-19-25(24-17-11-6-12-18-24,20-22-13-7-4-8-14-22)21-23-15-9-5-10-16-23/h4-5,7-10,13-16,24-25H,2-3,6,11-12,17-21H2,1H3. The van der Waals surface area contributed by atoms with Crippen molar-refractivity contribution in [3.63, 3.8) is 0 Å². The molecule has 25 heavy (non-hydrogen) atoms. The van der Waals surface area contributed by atoms with Crippen LogP contribution in [0.3, 0.4) is 0 Å². The molecule has 0 bridgehead atoms. The Morgan fingerprint density at radius 3 is 1.76 bits per heavy atom. The van der Waals surface area contributed by atoms with E-state index in [1.54, 1.807) is 11.1 Å². The van der Waals surface area contributed by atoms with Gasteiger partial charge >= 0.3 is 155 Å². The second-order valence-corrected chi connectivity index (χ2v) is 12.9. The fourth-order valence-corrected chi connectivity index (χ4v) is 11.2. The van der Waals surface area contributed by atoms with E-state index < -0.39 is 7.26 Å². The molecule has 1 saturated carbocycles. The van der Waals surface area contributed by atoms with Crippen LogP contribution in [0, 0.1) is 0 Å². The summed E-state index contributed by atoms with van der Waals surface area (Å²) in [5, 5.41) is 0. The molecule has 0 aliphatic heterocycles. The van der Waals surface area contributed by atoms with Crippen LogP contribution in [0.5, 0.6) is 0 Å². The third kappa shape index (κ3) is 5.18. The first-order chi connectivity index (χ1) is 12.3. The maximum absolute atomic E-state index is 2.38. The Kier molecular flexibility index (Phi) is 7.12. The van der Waals surface area contributed by atoms with Gasteiger partial charge in [-0.25, -0.2) is 0 Å². The number of unbranched alkanes of at least 4 members (excludes halogenated alkanes) is 1. The van der Waals surface area contributed by atoms with E-state index in [9.17, 15) is 0 Å². The predicted octanol–water partition coefficient (Wildman–Crippen LogP) is 7.27. The van der Waals surface area contributed by atoms with Gasteiger partial charge in [-0.05, 0) is 0 Å². The second-order valence-electron chi connectivity index (χ2n) is 8.13. The molecule has 3 rings (SSSR count). The summed E-state index contributed by atoms with van der Waals surface area (Å²) in [6.07, 6.45) is 14.4. The van der Waals surface area contributed by atoms with E-state index in [0.29, 0.717) is 0 Å². The summed E-state index contributed by atoms with van der Waals surface area (Å²) in [4.78, 5) is 0. The van der Waals surface area contributed by atoms with Crippen molar-refractivity contribution in [1.29, 1.82) is 0 Å². The molecule has 0 saturated heterocycles. The Balaban J connectivity index is 1.92. The first kappa shape index (κ1) is 18.7. The number of hydrogen-bond donors (Lipinski definition) is 0. The van der Waals surface area contributed by atoms with Gasteiger partial charge in [-0.2, -0.15) is 0 Å². The SMILES string of the molecule is CCCC[PH](Cc1ccccc1)(Cc1ccccc1)C1CCCCC1. The Morgan fingerprint density at radius 1 is 0.760 bits per heavy atom. The second kappa shape index (κ2) is 9.54. The molecule has 0 spiro atoms. The summed E-state index contributed by atoms with van der Waals surface area (Å²) in [6, 6.07) is 22.8. The van der Waals surface area contributed by atoms with Gasteiger partial charge in [0.15, 0.2) is 0 Å². The fraction of sp³-hybridized carbons (Fsp3) is 0.500. The fourth-order valence-electron chi connectivity index (χ4n) is 4.98. The van der Waals surface area contributed by atoms with Gasteiger partial charge in [0.1, 0.15) is 0 Å². The zero-order valence-corrected chi connectivity index (χ0v) is 16.9. The van der Waals surface area contributed by atoms with Crippen LogP contribution in [-0.4, -0.2) is 11.8 Å². The molecule has 0 N–H and O–H groups in total. The van der Waals surface area contributed by atoms with Crippen molar-refractivity contribution < 1.29 is 0 Å². The zero-order chi connectivity index (χ0) is 17.4. The van der Waals surface area contributed by atoms with Crippen molar-refractivity contribution in [3.8, 4) is 0 Å². The summed E-state index contributed by atoms with van der Waals surface area (Å²) >= 11 is 0. The van der Waals surface area contributed by atoms with Crippen LogP contribution in [0.25, 0.3) is 0 Å². The molecule has 2 aromatic rings. The first-order valence-corrected chi connectivity index (χ1v) is 13.1. The third-order valence-electron chi connectivity index (χ3n) is 6.30. The maximum atomic E-state index is 2.38. The number of hydrogen-bond acceptors (Lipinski definition) is 0. The summed E-state index contributed by atoms with van der Waals surface area (Å²) in [5.74, 6) is 0. The quantitative estimate of drug-likeness (QED) is 0.437. The number of rotatable bonds is 8. The van der Waals surface area contributed by atoms with E-state index in [2.05, 4.69) is 67.6 Å². The van der Waals surface area contributed by atoms with Crippen LogP contribution < -0.4 is 0 Å². The Bertz CT molecular complexity index is 557. The van der Waals surface area contributed by atoms with Gasteiger partial charge in [-0.3, -0.25) is 0 Å². The van der Waals surface area contributed by atoms with Crippen LogP contribution in [0.4, 0.5) is 0 Å². The van der Waals surface area contributed by atoms with Gasteiger partial charge in [0, 0.05) is 0 Å². The van der Waals surface area contributed by atoms with Crippen LogP contribution in [0.2, 0.25) is 0 Å². The predicted molar refractivity (Wildman–Crippen MR) is 115 cm³/mol. The Labute approximate surface area is 155 Å². The summed E-state index contributed by atoms with van der Waals surface area (Å²) in [7, 11) is -1.40. The molecule has 0 heterocycles. The summed E-state index contributed by atoms with van der Waals surface area (Å²) in [5.41, 5.74) is 4.20. The molecule has 1 heteroatoms. The van der Waals surface area contributed by atoms with E-state index in [-0.39, 0.29) is 0 Å². The Hall–Kier alpha value is -1.13. The van der Waals surface area contributed by atoms with Crippen LogP contribution in [0.1, 0.15) is 63.0 Å². The normalized spacial score (nSPS) is 16.7. The van der Waals surface area contributed by atoms with Crippen LogP contribution >= 0.6 is 7.26 Å². The zero-order valence-electron chi connectivity index (χ0n) is 15.9. The monoisotopic (exact) mass is 354 g/mol. The molecule has 0 atom stereocenters. The van der Waals surface area contributed by atoms with E-state index in [1.165, 1.54) is 63.4 Å². The molecule has 136 valence electrons. The molecule has 0 unspecified atom stereocenters. The van der Waals surface area contributed by atoms with Crippen molar-refractivity contribution in [1.82, 2.24) is 0 Å². The van der Waals surface area contributed by atoms with Crippen LogP contribution in [-0.2, 0) is 12.3 Å². The van der Waals surface area contributed by atoms with Crippen LogP contribution in [0.15, 0.2) is 60.7 Å². The van der Waals surface area contributed by atoms with Crippen molar-refractivity contribution >= 4 is 7.26 Å². The van der Waals surface area contributed by atoms with Crippen molar-refractivity contribution in [3.05, 3.63) is 71.8 Å². The molecule has 0 aromatic heterocycles. The molecule has 1 aliphatic rings. The van der Waals surface area contributed by atoms with Gasteiger partial charge in [0.25, 0.3) is 0 Å². The van der Waals surface area contributed by atoms with Gasteiger partial charge in [-0.15, -0.1) is 0 Å². The van der Waals surface area contributed by atoms with E-state index in [1.807, 2.05) is 0 Å². The van der Waals surface area contributed by atoms with Gasteiger partial charge < -0.3 is 0 Å². The van der Waals surface area contributed by atoms with Crippen molar-refractivity contribution in [2.75, 3.05) is 6.16 Å². The van der Waals surface area contributed by atoms with E-state index in [4.69, 9.17) is 0 Å². The molecular formula is C24H35P. The third-order valence-corrected chi connectivity index (χ3v) is 12.2. The average molecular weight is 355 g/mol. The topological polar surface area (TPSA) is 0 Å². The minimum atomic E-state index is -1.40. The molecular weight excluding hydrogens is 319 g/mol. The minimum absolute atomic E-state index is 1.02. The van der Waals surface area contributed by atoms with E-state index >= 15 is 0 Å². The van der Waals surface area contributed by atoms with Crippen molar-refractivity contribution in [2.45, 2.75) is 69.9 Å². The molecule has 0 nitrogen and oxygen atoms in total. The summed E-state index contributed by atoms with van der Waals surface area (Å²) < 4.78 is 0. The average Bonchev–Trinajstić information content (AvgIpc) is 2.68. The molecule has 1 fully saturated rings. The van der Waals surface area contributed by atoms with Gasteiger partial charge in [0.2, 0.25) is 0 Å². The van der Waals surface area contributed by atoms with Gasteiger partial charge in [-0.1, -0.05) is 0 Å². The molecule has 0 radical (unpaired) electrons.